The molecule has 5 nitrogen and oxygen atoms in total. The molecule has 0 unspecified atom stereocenters. The van der Waals surface area contributed by atoms with E-state index >= 15 is 0 Å². The molecule has 0 spiro atoms. The van der Waals surface area contributed by atoms with Crippen LogP contribution >= 0.6 is 11.3 Å². The number of allylic oxidation sites excluding steroid dienone is 1. The predicted octanol–water partition coefficient (Wildman–Crippen LogP) is 3.84. The van der Waals surface area contributed by atoms with Crippen LogP contribution < -0.4 is 5.32 Å². The lowest BCUT2D eigenvalue weighted by Crippen LogP contribution is -2.37. The van der Waals surface area contributed by atoms with E-state index in [4.69, 9.17) is 5.10 Å². The predicted molar refractivity (Wildman–Crippen MR) is 119 cm³/mol. The zero-order chi connectivity index (χ0) is 20.1. The number of amides is 1. The number of nitrogens with one attached hydrogen (secondary N) is 1. The van der Waals surface area contributed by atoms with Gasteiger partial charge < -0.3 is 10.2 Å². The average Bonchev–Trinajstić information content (AvgIpc) is 3.27. The fourth-order valence-electron chi connectivity index (χ4n) is 4.58. The maximum Gasteiger partial charge on any atom is 0.274 e. The number of hydrogen-bond acceptors (Lipinski definition) is 4. The Morgan fingerprint density at radius 1 is 1.31 bits per heavy atom. The largest absolute Gasteiger partial charge is 0.337 e. The highest BCUT2D eigenvalue weighted by molar-refractivity contribution is 7.09. The fourth-order valence-corrected chi connectivity index (χ4v) is 5.29. The van der Waals surface area contributed by atoms with Crippen LogP contribution in [0.3, 0.4) is 0 Å². The van der Waals surface area contributed by atoms with Crippen LogP contribution in [0.1, 0.15) is 58.7 Å². The number of likely N-dealkylation sites (tertiary alicyclic amines) is 1. The van der Waals surface area contributed by atoms with Gasteiger partial charge in [-0.3, -0.25) is 9.48 Å². The molecule has 1 N–H and O–H groups in total. The van der Waals surface area contributed by atoms with Crippen LogP contribution in [0.25, 0.3) is 0 Å². The third-order valence-corrected chi connectivity index (χ3v) is 7.07. The fraction of sp³-hybridized carbons (Fsp3) is 0.565. The highest BCUT2D eigenvalue weighted by Crippen LogP contribution is 2.27. The van der Waals surface area contributed by atoms with Crippen molar-refractivity contribution in [3.8, 4) is 0 Å². The second-order valence-electron chi connectivity index (χ2n) is 8.17. The van der Waals surface area contributed by atoms with Gasteiger partial charge in [-0.25, -0.2) is 0 Å². The highest BCUT2D eigenvalue weighted by Gasteiger charge is 2.31. The van der Waals surface area contributed by atoms with E-state index in [1.807, 2.05) is 27.0 Å². The molecule has 6 heteroatoms. The molecule has 0 saturated carbocycles. The van der Waals surface area contributed by atoms with Crippen molar-refractivity contribution in [1.29, 1.82) is 0 Å². The summed E-state index contributed by atoms with van der Waals surface area (Å²) in [5.41, 5.74) is 3.09. The molecular weight excluding hydrogens is 380 g/mol. The third kappa shape index (κ3) is 4.81. The molecule has 1 saturated heterocycles. The minimum absolute atomic E-state index is 0.130. The molecule has 1 atom stereocenters. The minimum Gasteiger partial charge on any atom is -0.337 e. The van der Waals surface area contributed by atoms with E-state index in [1.165, 1.54) is 29.0 Å². The van der Waals surface area contributed by atoms with Crippen molar-refractivity contribution in [3.05, 3.63) is 52.0 Å². The number of aromatic nitrogens is 2. The van der Waals surface area contributed by atoms with Crippen molar-refractivity contribution < 1.29 is 4.79 Å². The van der Waals surface area contributed by atoms with Gasteiger partial charge in [0.2, 0.25) is 0 Å². The monoisotopic (exact) mass is 412 g/mol. The van der Waals surface area contributed by atoms with E-state index in [2.05, 4.69) is 29.4 Å². The topological polar surface area (TPSA) is 50.2 Å². The van der Waals surface area contributed by atoms with E-state index in [9.17, 15) is 4.79 Å². The summed E-state index contributed by atoms with van der Waals surface area (Å²) in [4.78, 5) is 16.8. The summed E-state index contributed by atoms with van der Waals surface area (Å²) in [6.07, 6.45) is 10.6. The molecule has 1 amide bonds. The Balaban J connectivity index is 1.48. The van der Waals surface area contributed by atoms with Crippen LogP contribution in [-0.2, 0) is 25.8 Å². The van der Waals surface area contributed by atoms with Crippen LogP contribution in [0.2, 0.25) is 0 Å². The molecule has 3 heterocycles. The first kappa shape index (κ1) is 20.4. The third-order valence-electron chi connectivity index (χ3n) is 6.13. The molecule has 2 aromatic rings. The molecule has 0 aromatic carbocycles. The summed E-state index contributed by atoms with van der Waals surface area (Å²) in [6, 6.07) is 4.73. The number of hydrogen-bond donors (Lipinski definition) is 1. The van der Waals surface area contributed by atoms with Gasteiger partial charge in [0, 0.05) is 41.8 Å². The molecule has 2 aliphatic rings. The Morgan fingerprint density at radius 2 is 2.14 bits per heavy atom. The maximum atomic E-state index is 13.3. The number of rotatable bonds is 7. The Bertz CT molecular complexity index is 818. The van der Waals surface area contributed by atoms with Crippen LogP contribution in [-0.4, -0.2) is 46.3 Å². The van der Waals surface area contributed by atoms with Gasteiger partial charge in [-0.15, -0.1) is 17.9 Å². The Kier molecular flexibility index (Phi) is 6.82. The van der Waals surface area contributed by atoms with Crippen molar-refractivity contribution in [1.82, 2.24) is 20.0 Å². The maximum absolute atomic E-state index is 13.3. The van der Waals surface area contributed by atoms with E-state index in [-0.39, 0.29) is 5.91 Å². The summed E-state index contributed by atoms with van der Waals surface area (Å²) < 4.78 is 2.01. The minimum atomic E-state index is 0.130. The molecule has 2 aromatic heterocycles. The Hall–Kier alpha value is -1.92. The van der Waals surface area contributed by atoms with Gasteiger partial charge in [0.1, 0.15) is 0 Å². The summed E-state index contributed by atoms with van der Waals surface area (Å²) in [7, 11) is 0. The molecule has 156 valence electrons. The van der Waals surface area contributed by atoms with Crippen molar-refractivity contribution in [2.75, 3.05) is 19.6 Å². The number of nitrogens with zero attached hydrogens (tertiary/aromatic N) is 3. The average molecular weight is 413 g/mol. The first-order valence-corrected chi connectivity index (χ1v) is 11.9. The van der Waals surface area contributed by atoms with Crippen molar-refractivity contribution in [3.63, 3.8) is 0 Å². The number of carbonyl (C=O) groups is 1. The van der Waals surface area contributed by atoms with Crippen molar-refractivity contribution in [2.45, 2.75) is 64.0 Å². The second kappa shape index (κ2) is 9.72. The molecule has 1 fully saturated rings. The second-order valence-corrected chi connectivity index (χ2v) is 9.21. The van der Waals surface area contributed by atoms with E-state index in [0.717, 1.165) is 58.2 Å². The summed E-state index contributed by atoms with van der Waals surface area (Å²) in [6.45, 7) is 7.26. The van der Waals surface area contributed by atoms with Gasteiger partial charge in [-0.2, -0.15) is 5.10 Å². The summed E-state index contributed by atoms with van der Waals surface area (Å²) >= 11 is 1.82. The number of carbonyl (C=O) groups excluding carboxylic acids is 1. The van der Waals surface area contributed by atoms with Gasteiger partial charge in [0.05, 0.1) is 6.54 Å². The standard InChI is InChI=1S/C23H32N4OS/c1-2-13-27-21-10-9-18(24-12-11-19-8-7-16-29-19)17-20(21)22(25-27)23(28)26-14-5-3-4-6-15-26/h2,7-8,16,18,24H,1,3-6,9-15,17H2/t18-/m0/s1. The van der Waals surface area contributed by atoms with Crippen molar-refractivity contribution in [2.24, 2.45) is 0 Å². The SMILES string of the molecule is C=CCn1nc(C(=O)N2CCCCCC2)c2c1CC[C@H](NCCc1cccs1)C2. The van der Waals surface area contributed by atoms with Crippen LogP contribution in [0.4, 0.5) is 0 Å². The van der Waals surface area contributed by atoms with Gasteiger partial charge in [0.25, 0.3) is 5.91 Å². The number of thiophene rings is 1. The quantitative estimate of drug-likeness (QED) is 0.703. The molecule has 1 aliphatic heterocycles. The van der Waals surface area contributed by atoms with Gasteiger partial charge in [-0.1, -0.05) is 25.0 Å². The molecular formula is C23H32N4OS. The smallest absolute Gasteiger partial charge is 0.274 e. The van der Waals surface area contributed by atoms with E-state index in [0.29, 0.717) is 18.3 Å². The van der Waals surface area contributed by atoms with E-state index in [1.54, 1.807) is 0 Å². The summed E-state index contributed by atoms with van der Waals surface area (Å²) in [5.74, 6) is 0.130. The summed E-state index contributed by atoms with van der Waals surface area (Å²) in [5, 5.41) is 10.6. The van der Waals surface area contributed by atoms with Crippen LogP contribution in [0.15, 0.2) is 30.2 Å². The highest BCUT2D eigenvalue weighted by atomic mass is 32.1. The zero-order valence-electron chi connectivity index (χ0n) is 17.2. The lowest BCUT2D eigenvalue weighted by atomic mass is 9.91. The molecule has 29 heavy (non-hydrogen) atoms. The number of fused-ring (bicyclic) bond motifs is 1. The van der Waals surface area contributed by atoms with E-state index < -0.39 is 0 Å². The Morgan fingerprint density at radius 3 is 2.86 bits per heavy atom. The lowest BCUT2D eigenvalue weighted by molar-refractivity contribution is 0.0753. The van der Waals surface area contributed by atoms with Gasteiger partial charge in [0.15, 0.2) is 5.69 Å². The first-order valence-electron chi connectivity index (χ1n) is 11.0. The van der Waals surface area contributed by atoms with Crippen LogP contribution in [0.5, 0.6) is 0 Å². The van der Waals surface area contributed by atoms with Crippen LogP contribution in [0, 0.1) is 0 Å². The molecule has 0 bridgehead atoms. The molecule has 1 aliphatic carbocycles. The lowest BCUT2D eigenvalue weighted by Gasteiger charge is -2.25. The first-order chi connectivity index (χ1) is 14.3. The molecule has 4 rings (SSSR count). The zero-order valence-corrected chi connectivity index (χ0v) is 18.1. The van der Waals surface area contributed by atoms with Gasteiger partial charge >= 0.3 is 0 Å². The van der Waals surface area contributed by atoms with Crippen molar-refractivity contribution >= 4 is 17.2 Å². The Labute approximate surface area is 177 Å². The molecule has 0 radical (unpaired) electrons. The normalized spacial score (nSPS) is 19.6. The van der Waals surface area contributed by atoms with Gasteiger partial charge in [-0.05, 0) is 50.0 Å².